The molecule has 7 heteroatoms. The Kier molecular flexibility index (Phi) is 6.15. The van der Waals surface area contributed by atoms with Crippen LogP contribution in [0.3, 0.4) is 0 Å². The van der Waals surface area contributed by atoms with Gasteiger partial charge in [-0.2, -0.15) is 0 Å². The van der Waals surface area contributed by atoms with Crippen molar-refractivity contribution in [2.45, 2.75) is 26.2 Å². The first kappa shape index (κ1) is 21.7. The molecule has 172 valence electrons. The van der Waals surface area contributed by atoms with Crippen LogP contribution in [0.4, 0.5) is 8.78 Å². The molecule has 3 aliphatic rings. The van der Waals surface area contributed by atoms with E-state index in [0.717, 1.165) is 49.8 Å². The Hall–Kier alpha value is -3.16. The zero-order chi connectivity index (χ0) is 22.8. The Morgan fingerprint density at radius 3 is 2.64 bits per heavy atom. The first-order valence-electron chi connectivity index (χ1n) is 11.2. The van der Waals surface area contributed by atoms with Crippen molar-refractivity contribution < 1.29 is 18.3 Å². The fourth-order valence-corrected chi connectivity index (χ4v) is 4.51. The lowest BCUT2D eigenvalue weighted by atomic mass is 10.1. The van der Waals surface area contributed by atoms with E-state index in [4.69, 9.17) is 9.47 Å². The van der Waals surface area contributed by atoms with Crippen molar-refractivity contribution in [3.05, 3.63) is 101 Å². The molecule has 0 bridgehead atoms. The highest BCUT2D eigenvalue weighted by Crippen LogP contribution is 2.35. The summed E-state index contributed by atoms with van der Waals surface area (Å²) in [6.45, 7) is 6.19. The summed E-state index contributed by atoms with van der Waals surface area (Å²) in [4.78, 5) is 4.51. The van der Waals surface area contributed by atoms with Gasteiger partial charge in [-0.3, -0.25) is 4.90 Å². The van der Waals surface area contributed by atoms with Crippen molar-refractivity contribution in [2.24, 2.45) is 0 Å². The molecule has 1 saturated heterocycles. The van der Waals surface area contributed by atoms with Gasteiger partial charge in [-0.05, 0) is 42.8 Å². The number of fused-ring (bicyclic) bond motifs is 1. The molecular weight excluding hydrogens is 424 g/mol. The maximum atomic E-state index is 14.0. The number of benzene rings is 2. The van der Waals surface area contributed by atoms with Crippen LogP contribution in [0.15, 0.2) is 72.3 Å². The Balaban J connectivity index is 1.32. The molecule has 1 unspecified atom stereocenters. The summed E-state index contributed by atoms with van der Waals surface area (Å²) in [7, 11) is 0. The lowest BCUT2D eigenvalue weighted by Crippen LogP contribution is -2.38. The third kappa shape index (κ3) is 4.51. The summed E-state index contributed by atoms with van der Waals surface area (Å²) < 4.78 is 39.4. The van der Waals surface area contributed by atoms with E-state index in [9.17, 15) is 8.78 Å². The number of ether oxygens (including phenoxy) is 2. The number of halogens is 2. The maximum absolute atomic E-state index is 14.0. The second-order valence-electron chi connectivity index (χ2n) is 8.42. The van der Waals surface area contributed by atoms with Gasteiger partial charge >= 0.3 is 0 Å². The summed E-state index contributed by atoms with van der Waals surface area (Å²) in [6, 6.07) is 12.4. The van der Waals surface area contributed by atoms with Crippen LogP contribution >= 0.6 is 0 Å². The van der Waals surface area contributed by atoms with E-state index in [1.54, 1.807) is 0 Å². The van der Waals surface area contributed by atoms with Crippen LogP contribution < -0.4 is 5.32 Å². The molecule has 1 atom stereocenters. The van der Waals surface area contributed by atoms with Crippen molar-refractivity contribution >= 4 is 5.70 Å². The lowest BCUT2D eigenvalue weighted by Gasteiger charge is -2.30. The van der Waals surface area contributed by atoms with Gasteiger partial charge in [0.05, 0.1) is 24.5 Å². The summed E-state index contributed by atoms with van der Waals surface area (Å²) in [6.07, 6.45) is 5.45. The van der Waals surface area contributed by atoms with E-state index < -0.39 is 11.6 Å². The quantitative estimate of drug-likeness (QED) is 0.707. The molecule has 5 nitrogen and oxygen atoms in total. The second kappa shape index (κ2) is 9.37. The van der Waals surface area contributed by atoms with Crippen LogP contribution in [0.2, 0.25) is 0 Å². The molecule has 0 saturated carbocycles. The molecule has 0 spiro atoms. The van der Waals surface area contributed by atoms with E-state index in [-0.39, 0.29) is 18.3 Å². The zero-order valence-corrected chi connectivity index (χ0v) is 18.6. The van der Waals surface area contributed by atoms with E-state index in [1.807, 2.05) is 25.3 Å². The van der Waals surface area contributed by atoms with Crippen molar-refractivity contribution in [3.8, 4) is 0 Å². The number of nitrogens with zero attached hydrogens (tertiary/aromatic N) is 2. The molecule has 3 aliphatic heterocycles. The van der Waals surface area contributed by atoms with Crippen molar-refractivity contribution in [2.75, 3.05) is 26.3 Å². The van der Waals surface area contributed by atoms with Gasteiger partial charge < -0.3 is 19.7 Å². The number of morpholine rings is 1. The predicted molar refractivity (Wildman–Crippen MR) is 122 cm³/mol. The summed E-state index contributed by atoms with van der Waals surface area (Å²) in [5.74, 6) is -0.602. The molecule has 5 rings (SSSR count). The third-order valence-corrected chi connectivity index (χ3v) is 6.18. The van der Waals surface area contributed by atoms with Gasteiger partial charge in [0.25, 0.3) is 0 Å². The SMILES string of the molecule is CC1=C(c2cccc(CN3CCOCC3)c2)N2C=CC=C(OCc3c(F)cccc3F)C2N1. The van der Waals surface area contributed by atoms with E-state index in [0.29, 0.717) is 5.76 Å². The van der Waals surface area contributed by atoms with Crippen LogP contribution in [0.1, 0.15) is 23.6 Å². The van der Waals surface area contributed by atoms with Gasteiger partial charge in [-0.25, -0.2) is 8.78 Å². The average molecular weight is 452 g/mol. The Morgan fingerprint density at radius 2 is 1.85 bits per heavy atom. The Morgan fingerprint density at radius 1 is 1.09 bits per heavy atom. The van der Waals surface area contributed by atoms with Crippen molar-refractivity contribution in [3.63, 3.8) is 0 Å². The summed E-state index contributed by atoms with van der Waals surface area (Å²) >= 11 is 0. The fraction of sp³-hybridized carbons (Fsp3) is 0.308. The molecule has 0 amide bonds. The van der Waals surface area contributed by atoms with Crippen LogP contribution in [0.5, 0.6) is 0 Å². The summed E-state index contributed by atoms with van der Waals surface area (Å²) in [5.41, 5.74) is 4.37. The van der Waals surface area contributed by atoms with Gasteiger partial charge in [-0.1, -0.05) is 24.3 Å². The smallest absolute Gasteiger partial charge is 0.162 e. The highest BCUT2D eigenvalue weighted by molar-refractivity contribution is 5.71. The normalized spacial score (nSPS) is 20.5. The molecule has 0 radical (unpaired) electrons. The minimum absolute atomic E-state index is 0.0711. The molecule has 0 aliphatic carbocycles. The average Bonchev–Trinajstić information content (AvgIpc) is 3.16. The number of hydrogen-bond acceptors (Lipinski definition) is 5. The maximum Gasteiger partial charge on any atom is 0.162 e. The van der Waals surface area contributed by atoms with Gasteiger partial charge in [0.15, 0.2) is 6.17 Å². The summed E-state index contributed by atoms with van der Waals surface area (Å²) in [5, 5.41) is 3.47. The van der Waals surface area contributed by atoms with E-state index in [2.05, 4.69) is 39.4 Å². The van der Waals surface area contributed by atoms with Crippen molar-refractivity contribution in [1.29, 1.82) is 0 Å². The standard InChI is InChI=1S/C26H27F2N3O2/c1-18-25(20-6-2-5-19(15-20)16-30-11-13-32-14-12-30)31-10-4-9-24(26(31)29-18)33-17-21-22(27)7-3-8-23(21)28/h2-10,15,26,29H,11-14,16-17H2,1H3. The Labute approximate surface area is 192 Å². The first-order valence-corrected chi connectivity index (χ1v) is 11.2. The van der Waals surface area contributed by atoms with Gasteiger partial charge in [-0.15, -0.1) is 0 Å². The van der Waals surface area contributed by atoms with Gasteiger partial charge in [0.1, 0.15) is 24.0 Å². The molecule has 2 aromatic carbocycles. The van der Waals surface area contributed by atoms with Crippen LogP contribution in [0, 0.1) is 11.6 Å². The van der Waals surface area contributed by atoms with Crippen molar-refractivity contribution in [1.82, 2.24) is 15.1 Å². The van der Waals surface area contributed by atoms with E-state index in [1.165, 1.54) is 23.8 Å². The largest absolute Gasteiger partial charge is 0.489 e. The zero-order valence-electron chi connectivity index (χ0n) is 18.6. The molecule has 2 aromatic rings. The second-order valence-corrected chi connectivity index (χ2v) is 8.42. The minimum Gasteiger partial charge on any atom is -0.489 e. The number of allylic oxidation sites excluding steroid dienone is 3. The van der Waals surface area contributed by atoms with Gasteiger partial charge in [0, 0.05) is 37.1 Å². The van der Waals surface area contributed by atoms with Crippen LogP contribution in [0.25, 0.3) is 5.70 Å². The van der Waals surface area contributed by atoms with Crippen LogP contribution in [-0.4, -0.2) is 42.3 Å². The minimum atomic E-state index is -0.606. The molecular formula is C26H27F2N3O2. The molecule has 1 fully saturated rings. The first-order chi connectivity index (χ1) is 16.1. The highest BCUT2D eigenvalue weighted by Gasteiger charge is 2.34. The Bertz CT molecular complexity index is 1100. The molecule has 1 N–H and O–H groups in total. The molecule has 3 heterocycles. The molecule has 0 aromatic heterocycles. The number of rotatable bonds is 6. The predicted octanol–water partition coefficient (Wildman–Crippen LogP) is 4.34. The fourth-order valence-electron chi connectivity index (χ4n) is 4.51. The number of nitrogens with one attached hydrogen (secondary N) is 1. The van der Waals surface area contributed by atoms with Crippen LogP contribution in [-0.2, 0) is 22.6 Å². The lowest BCUT2D eigenvalue weighted by molar-refractivity contribution is 0.0342. The van der Waals surface area contributed by atoms with Gasteiger partial charge in [0.2, 0.25) is 0 Å². The monoisotopic (exact) mass is 451 g/mol. The number of hydrogen-bond donors (Lipinski definition) is 1. The third-order valence-electron chi connectivity index (χ3n) is 6.18. The molecule has 33 heavy (non-hydrogen) atoms. The topological polar surface area (TPSA) is 37.0 Å². The van der Waals surface area contributed by atoms with E-state index >= 15 is 0 Å². The highest BCUT2D eigenvalue weighted by atomic mass is 19.1.